The predicted molar refractivity (Wildman–Crippen MR) is 109 cm³/mol. The van der Waals surface area contributed by atoms with Crippen LogP contribution in [0, 0.1) is 6.92 Å². The SMILES string of the molecule is Cc1[nH]c(-c2ccc(-c3ccc(Cl)c(OC(F)(F)F)c3)o2)nc1-c1ccc(Cl)cc1. The molecule has 4 aromatic rings. The summed E-state index contributed by atoms with van der Waals surface area (Å²) < 4.78 is 47.4. The van der Waals surface area contributed by atoms with Gasteiger partial charge in [-0.1, -0.05) is 35.3 Å². The molecule has 0 aliphatic carbocycles. The smallest absolute Gasteiger partial charge is 0.453 e. The quantitative estimate of drug-likeness (QED) is 0.348. The summed E-state index contributed by atoms with van der Waals surface area (Å²) in [6.07, 6.45) is -4.85. The van der Waals surface area contributed by atoms with Crippen LogP contribution < -0.4 is 4.74 Å². The van der Waals surface area contributed by atoms with Gasteiger partial charge in [0.15, 0.2) is 11.6 Å². The molecule has 1 N–H and O–H groups in total. The molecule has 4 nitrogen and oxygen atoms in total. The van der Waals surface area contributed by atoms with E-state index in [9.17, 15) is 13.2 Å². The highest BCUT2D eigenvalue weighted by Crippen LogP contribution is 2.36. The summed E-state index contributed by atoms with van der Waals surface area (Å²) >= 11 is 11.7. The van der Waals surface area contributed by atoms with E-state index in [-0.39, 0.29) is 5.02 Å². The van der Waals surface area contributed by atoms with Crippen LogP contribution in [0.5, 0.6) is 5.75 Å². The molecule has 0 atom stereocenters. The van der Waals surface area contributed by atoms with Crippen LogP contribution in [0.2, 0.25) is 10.0 Å². The average Bonchev–Trinajstić information content (AvgIpc) is 3.30. The van der Waals surface area contributed by atoms with Gasteiger partial charge in [0.05, 0.1) is 10.7 Å². The molecule has 154 valence electrons. The molecule has 0 aliphatic rings. The molecule has 0 unspecified atom stereocenters. The maximum atomic E-state index is 12.6. The molecule has 0 spiro atoms. The highest BCUT2D eigenvalue weighted by Gasteiger charge is 2.32. The molecule has 0 aliphatic heterocycles. The van der Waals surface area contributed by atoms with Crippen LogP contribution in [-0.2, 0) is 0 Å². The van der Waals surface area contributed by atoms with Crippen molar-refractivity contribution in [1.82, 2.24) is 9.97 Å². The number of ether oxygens (including phenoxy) is 1. The Hall–Kier alpha value is -2.90. The number of imidazole rings is 1. The van der Waals surface area contributed by atoms with Gasteiger partial charge in [-0.3, -0.25) is 0 Å². The fourth-order valence-corrected chi connectivity index (χ4v) is 3.23. The number of H-pyrrole nitrogens is 1. The van der Waals surface area contributed by atoms with Crippen molar-refractivity contribution in [2.75, 3.05) is 0 Å². The number of benzene rings is 2. The number of aromatic amines is 1. The van der Waals surface area contributed by atoms with Crippen LogP contribution in [0.1, 0.15) is 5.69 Å². The Morgan fingerprint density at radius 3 is 2.30 bits per heavy atom. The number of rotatable bonds is 4. The number of hydrogen-bond donors (Lipinski definition) is 1. The van der Waals surface area contributed by atoms with Crippen molar-refractivity contribution in [1.29, 1.82) is 0 Å². The fourth-order valence-electron chi connectivity index (χ4n) is 2.95. The minimum absolute atomic E-state index is 0.155. The Morgan fingerprint density at radius 1 is 0.933 bits per heavy atom. The number of alkyl halides is 3. The van der Waals surface area contributed by atoms with Gasteiger partial charge >= 0.3 is 6.36 Å². The van der Waals surface area contributed by atoms with Gasteiger partial charge in [0, 0.05) is 21.8 Å². The molecule has 4 rings (SSSR count). The highest BCUT2D eigenvalue weighted by atomic mass is 35.5. The summed E-state index contributed by atoms with van der Waals surface area (Å²) in [6.45, 7) is 1.88. The molecule has 0 amide bonds. The van der Waals surface area contributed by atoms with Gasteiger partial charge in [-0.15, -0.1) is 13.2 Å². The largest absolute Gasteiger partial charge is 0.573 e. The second kappa shape index (κ2) is 7.74. The van der Waals surface area contributed by atoms with E-state index in [1.54, 1.807) is 30.3 Å². The van der Waals surface area contributed by atoms with Crippen LogP contribution in [-0.4, -0.2) is 16.3 Å². The van der Waals surface area contributed by atoms with E-state index in [4.69, 9.17) is 27.6 Å². The zero-order valence-corrected chi connectivity index (χ0v) is 16.9. The van der Waals surface area contributed by atoms with Crippen LogP contribution in [0.4, 0.5) is 13.2 Å². The third-order valence-corrected chi connectivity index (χ3v) is 4.85. The number of aromatic nitrogens is 2. The van der Waals surface area contributed by atoms with Crippen molar-refractivity contribution < 1.29 is 22.3 Å². The molecule has 30 heavy (non-hydrogen) atoms. The molecule has 0 saturated carbocycles. The van der Waals surface area contributed by atoms with E-state index in [0.717, 1.165) is 17.0 Å². The second-order valence-electron chi connectivity index (χ2n) is 6.42. The molecule has 2 heterocycles. The van der Waals surface area contributed by atoms with E-state index in [1.165, 1.54) is 12.1 Å². The first kappa shape index (κ1) is 20.4. The molecule has 0 saturated heterocycles. The van der Waals surface area contributed by atoms with E-state index in [0.29, 0.717) is 27.9 Å². The Balaban J connectivity index is 1.65. The first-order chi connectivity index (χ1) is 14.2. The zero-order chi connectivity index (χ0) is 21.5. The Kier molecular flexibility index (Phi) is 5.26. The van der Waals surface area contributed by atoms with Gasteiger partial charge in [-0.05, 0) is 49.4 Å². The number of nitrogens with zero attached hydrogens (tertiary/aromatic N) is 1. The molecule has 9 heteroatoms. The number of hydrogen-bond acceptors (Lipinski definition) is 3. The number of aryl methyl sites for hydroxylation is 1. The first-order valence-corrected chi connectivity index (χ1v) is 9.43. The van der Waals surface area contributed by atoms with Gasteiger partial charge < -0.3 is 14.1 Å². The van der Waals surface area contributed by atoms with E-state index in [1.807, 2.05) is 19.1 Å². The normalized spacial score (nSPS) is 11.7. The molecule has 0 bridgehead atoms. The minimum Gasteiger partial charge on any atom is -0.453 e. The van der Waals surface area contributed by atoms with Gasteiger partial charge in [-0.2, -0.15) is 0 Å². The third kappa shape index (κ3) is 4.32. The molecule has 0 radical (unpaired) electrons. The van der Waals surface area contributed by atoms with Gasteiger partial charge in [0.25, 0.3) is 0 Å². The number of halogens is 5. The second-order valence-corrected chi connectivity index (χ2v) is 7.27. The zero-order valence-electron chi connectivity index (χ0n) is 15.3. The van der Waals surface area contributed by atoms with Gasteiger partial charge in [0.1, 0.15) is 11.5 Å². The lowest BCUT2D eigenvalue weighted by atomic mass is 10.1. The van der Waals surface area contributed by atoms with Crippen molar-refractivity contribution in [3.05, 3.63) is 70.3 Å². The minimum atomic E-state index is -4.85. The maximum Gasteiger partial charge on any atom is 0.573 e. The summed E-state index contributed by atoms with van der Waals surface area (Å²) in [7, 11) is 0. The van der Waals surface area contributed by atoms with Crippen molar-refractivity contribution in [2.45, 2.75) is 13.3 Å². The summed E-state index contributed by atoms with van der Waals surface area (Å²) in [5.74, 6) is 0.764. The van der Waals surface area contributed by atoms with Crippen LogP contribution in [0.3, 0.4) is 0 Å². The Bertz CT molecular complexity index is 1200. The monoisotopic (exact) mass is 452 g/mol. The lowest BCUT2D eigenvalue weighted by Gasteiger charge is -2.11. The maximum absolute atomic E-state index is 12.6. The third-order valence-electron chi connectivity index (χ3n) is 4.28. The number of nitrogens with one attached hydrogen (secondary N) is 1. The van der Waals surface area contributed by atoms with E-state index >= 15 is 0 Å². The topological polar surface area (TPSA) is 51.0 Å². The molecular weight excluding hydrogens is 440 g/mol. The summed E-state index contributed by atoms with van der Waals surface area (Å²) in [5.41, 5.74) is 2.84. The van der Waals surface area contributed by atoms with Crippen molar-refractivity contribution in [2.24, 2.45) is 0 Å². The van der Waals surface area contributed by atoms with Crippen LogP contribution >= 0.6 is 23.2 Å². The van der Waals surface area contributed by atoms with E-state index < -0.39 is 12.1 Å². The Morgan fingerprint density at radius 2 is 1.60 bits per heavy atom. The van der Waals surface area contributed by atoms with E-state index in [2.05, 4.69) is 14.7 Å². The standard InChI is InChI=1S/C21H13Cl2F3N2O2/c1-11-19(12-2-5-14(22)6-3-12)28-20(27-11)17-9-8-16(29-17)13-4-7-15(23)18(10-13)30-21(24,25)26/h2-10H,1H3,(H,27,28). The molecule has 2 aromatic carbocycles. The van der Waals surface area contributed by atoms with Crippen molar-refractivity contribution in [3.63, 3.8) is 0 Å². The number of furan rings is 1. The lowest BCUT2D eigenvalue weighted by Crippen LogP contribution is -2.17. The summed E-state index contributed by atoms with van der Waals surface area (Å²) in [4.78, 5) is 7.74. The highest BCUT2D eigenvalue weighted by molar-refractivity contribution is 6.32. The van der Waals surface area contributed by atoms with Crippen LogP contribution in [0.15, 0.2) is 59.0 Å². The average molecular weight is 453 g/mol. The van der Waals surface area contributed by atoms with Crippen molar-refractivity contribution >= 4 is 23.2 Å². The molecule has 2 aromatic heterocycles. The van der Waals surface area contributed by atoms with Gasteiger partial charge in [-0.25, -0.2) is 4.98 Å². The fraction of sp³-hybridized carbons (Fsp3) is 0.0952. The molecular formula is C21H13Cl2F3N2O2. The Labute approximate surface area is 179 Å². The van der Waals surface area contributed by atoms with Crippen LogP contribution in [0.25, 0.3) is 34.2 Å². The summed E-state index contributed by atoms with van der Waals surface area (Å²) in [5, 5.41) is 0.469. The summed E-state index contributed by atoms with van der Waals surface area (Å²) in [6, 6.07) is 14.6. The predicted octanol–water partition coefficient (Wildman–Crippen LogP) is 7.52. The van der Waals surface area contributed by atoms with Gasteiger partial charge in [0.2, 0.25) is 0 Å². The van der Waals surface area contributed by atoms with Crippen molar-refractivity contribution in [3.8, 4) is 39.9 Å². The first-order valence-electron chi connectivity index (χ1n) is 8.68. The lowest BCUT2D eigenvalue weighted by molar-refractivity contribution is -0.274. The molecule has 0 fully saturated rings.